The van der Waals surface area contributed by atoms with E-state index in [9.17, 15) is 0 Å². The summed E-state index contributed by atoms with van der Waals surface area (Å²) in [5, 5.41) is 3.91. The fourth-order valence-electron chi connectivity index (χ4n) is 4.02. The van der Waals surface area contributed by atoms with Crippen LogP contribution in [0.15, 0.2) is 12.2 Å². The first kappa shape index (κ1) is 10.8. The van der Waals surface area contributed by atoms with Gasteiger partial charge in [-0.2, -0.15) is 0 Å². The maximum Gasteiger partial charge on any atom is 0.0138 e. The van der Waals surface area contributed by atoms with Crippen molar-refractivity contribution < 1.29 is 0 Å². The molecule has 0 saturated heterocycles. The van der Waals surface area contributed by atoms with E-state index in [1.165, 1.54) is 44.9 Å². The van der Waals surface area contributed by atoms with E-state index < -0.39 is 0 Å². The van der Waals surface area contributed by atoms with Gasteiger partial charge in [-0.25, -0.2) is 0 Å². The van der Waals surface area contributed by atoms with Crippen LogP contribution in [0.1, 0.15) is 51.9 Å². The molecule has 0 heterocycles. The van der Waals surface area contributed by atoms with Crippen LogP contribution in [0.2, 0.25) is 0 Å². The van der Waals surface area contributed by atoms with Gasteiger partial charge in [-0.15, -0.1) is 0 Å². The van der Waals surface area contributed by atoms with E-state index in [1.54, 1.807) is 0 Å². The van der Waals surface area contributed by atoms with Gasteiger partial charge in [-0.3, -0.25) is 0 Å². The van der Waals surface area contributed by atoms with Crippen molar-refractivity contribution in [3.8, 4) is 0 Å². The Morgan fingerprint density at radius 2 is 2.00 bits per heavy atom. The minimum Gasteiger partial charge on any atom is -0.311 e. The van der Waals surface area contributed by atoms with E-state index in [2.05, 4.69) is 24.4 Å². The van der Waals surface area contributed by atoms with Crippen molar-refractivity contribution in [1.82, 2.24) is 5.32 Å². The normalized spacial score (nSPS) is 40.4. The largest absolute Gasteiger partial charge is 0.311 e. The molecule has 1 heteroatoms. The molecule has 3 unspecified atom stereocenters. The highest BCUT2D eigenvalue weighted by Gasteiger charge is 2.41. The number of nitrogens with one attached hydrogen (secondary N) is 1. The topological polar surface area (TPSA) is 12.0 Å². The zero-order valence-electron chi connectivity index (χ0n) is 10.5. The van der Waals surface area contributed by atoms with Crippen LogP contribution in [0.25, 0.3) is 0 Å². The Morgan fingerprint density at radius 1 is 1.19 bits per heavy atom. The fourth-order valence-corrected chi connectivity index (χ4v) is 4.02. The maximum absolute atomic E-state index is 3.91. The molecule has 0 radical (unpaired) electrons. The molecule has 2 saturated carbocycles. The highest BCUT2D eigenvalue weighted by molar-refractivity contribution is 5.13. The lowest BCUT2D eigenvalue weighted by atomic mass is 9.70. The number of fused-ring (bicyclic) bond motifs is 1. The molecule has 0 aromatic rings. The van der Waals surface area contributed by atoms with Crippen molar-refractivity contribution in [1.29, 1.82) is 0 Å². The maximum atomic E-state index is 3.91. The van der Waals surface area contributed by atoms with Crippen LogP contribution < -0.4 is 5.32 Å². The molecular weight excluding hydrogens is 194 g/mol. The lowest BCUT2D eigenvalue weighted by Gasteiger charge is -2.44. The average molecular weight is 219 g/mol. The van der Waals surface area contributed by atoms with Crippen molar-refractivity contribution in [3.05, 3.63) is 12.2 Å². The second-order valence-corrected chi connectivity index (χ2v) is 6.20. The van der Waals surface area contributed by atoms with Crippen molar-refractivity contribution in [3.63, 3.8) is 0 Å². The van der Waals surface area contributed by atoms with Gasteiger partial charge in [0.25, 0.3) is 0 Å². The van der Waals surface area contributed by atoms with E-state index in [0.717, 1.165) is 29.8 Å². The third-order valence-corrected chi connectivity index (χ3v) is 5.20. The number of allylic oxidation sites excluding steroid dienone is 1. The third kappa shape index (κ3) is 1.95. The molecule has 1 nitrogen and oxygen atoms in total. The summed E-state index contributed by atoms with van der Waals surface area (Å²) in [7, 11) is 0. The molecular formula is C15H25N. The lowest BCUT2D eigenvalue weighted by molar-refractivity contribution is 0.132. The minimum atomic E-state index is 0.750. The second kappa shape index (κ2) is 4.52. The van der Waals surface area contributed by atoms with Crippen LogP contribution in [0, 0.1) is 17.8 Å². The van der Waals surface area contributed by atoms with E-state index in [4.69, 9.17) is 0 Å². The molecule has 0 amide bonds. The SMILES string of the molecule is C[C@H](NC1CC2CC=CC21)C1CCCCC1. The monoisotopic (exact) mass is 219 g/mol. The molecule has 2 fully saturated rings. The summed E-state index contributed by atoms with van der Waals surface area (Å²) in [6, 6.07) is 1.56. The highest BCUT2D eigenvalue weighted by Crippen LogP contribution is 2.43. The van der Waals surface area contributed by atoms with Crippen LogP contribution in [0.4, 0.5) is 0 Å². The van der Waals surface area contributed by atoms with Gasteiger partial charge in [0, 0.05) is 12.1 Å². The summed E-state index contributed by atoms with van der Waals surface area (Å²) < 4.78 is 0. The predicted molar refractivity (Wildman–Crippen MR) is 68.3 cm³/mol. The van der Waals surface area contributed by atoms with Crippen LogP contribution in [0.3, 0.4) is 0 Å². The molecule has 3 rings (SSSR count). The van der Waals surface area contributed by atoms with E-state index in [-0.39, 0.29) is 0 Å². The zero-order chi connectivity index (χ0) is 11.0. The highest BCUT2D eigenvalue weighted by atomic mass is 15.0. The molecule has 4 atom stereocenters. The number of hydrogen-bond acceptors (Lipinski definition) is 1. The van der Waals surface area contributed by atoms with Gasteiger partial charge in [-0.1, -0.05) is 31.4 Å². The van der Waals surface area contributed by atoms with Gasteiger partial charge >= 0.3 is 0 Å². The van der Waals surface area contributed by atoms with Crippen LogP contribution in [-0.2, 0) is 0 Å². The lowest BCUT2D eigenvalue weighted by Crippen LogP contribution is -2.52. The standard InChI is InChI=1S/C15H25N/c1-11(12-6-3-2-4-7-12)16-15-10-13-8-5-9-14(13)15/h5,9,11-16H,2-4,6-8,10H2,1H3/t11-,13?,14?,15?/m0/s1. The van der Waals surface area contributed by atoms with Crippen molar-refractivity contribution >= 4 is 0 Å². The summed E-state index contributed by atoms with van der Waals surface area (Å²) in [4.78, 5) is 0. The molecule has 0 spiro atoms. The molecule has 3 aliphatic carbocycles. The first-order valence-electron chi connectivity index (χ1n) is 7.27. The van der Waals surface area contributed by atoms with E-state index in [1.807, 2.05) is 0 Å². The Kier molecular flexibility index (Phi) is 3.06. The third-order valence-electron chi connectivity index (χ3n) is 5.20. The summed E-state index contributed by atoms with van der Waals surface area (Å²) in [6.07, 6.45) is 15.0. The van der Waals surface area contributed by atoms with Gasteiger partial charge in [0.1, 0.15) is 0 Å². The molecule has 16 heavy (non-hydrogen) atoms. The van der Waals surface area contributed by atoms with Gasteiger partial charge in [0.15, 0.2) is 0 Å². The minimum absolute atomic E-state index is 0.750. The zero-order valence-corrected chi connectivity index (χ0v) is 10.5. The smallest absolute Gasteiger partial charge is 0.0138 e. The average Bonchev–Trinajstić information content (AvgIpc) is 2.68. The van der Waals surface area contributed by atoms with Crippen molar-refractivity contribution in [2.24, 2.45) is 17.8 Å². The van der Waals surface area contributed by atoms with Crippen LogP contribution in [-0.4, -0.2) is 12.1 Å². The van der Waals surface area contributed by atoms with Gasteiger partial charge < -0.3 is 5.32 Å². The molecule has 3 aliphatic rings. The van der Waals surface area contributed by atoms with Crippen molar-refractivity contribution in [2.45, 2.75) is 64.0 Å². The Morgan fingerprint density at radius 3 is 2.75 bits per heavy atom. The second-order valence-electron chi connectivity index (χ2n) is 6.20. The molecule has 0 aromatic heterocycles. The quantitative estimate of drug-likeness (QED) is 0.716. The Balaban J connectivity index is 1.49. The molecule has 0 aliphatic heterocycles. The molecule has 1 N–H and O–H groups in total. The Labute approximate surface area is 99.7 Å². The van der Waals surface area contributed by atoms with E-state index in [0.29, 0.717) is 0 Å². The molecule has 0 bridgehead atoms. The van der Waals surface area contributed by atoms with Crippen molar-refractivity contribution in [2.75, 3.05) is 0 Å². The first-order valence-corrected chi connectivity index (χ1v) is 7.27. The van der Waals surface area contributed by atoms with Crippen LogP contribution >= 0.6 is 0 Å². The first-order chi connectivity index (χ1) is 7.84. The predicted octanol–water partition coefficient (Wildman–Crippen LogP) is 3.51. The summed E-state index contributed by atoms with van der Waals surface area (Å²) in [6.45, 7) is 2.42. The molecule has 90 valence electrons. The van der Waals surface area contributed by atoms with Gasteiger partial charge in [-0.05, 0) is 50.4 Å². The van der Waals surface area contributed by atoms with Gasteiger partial charge in [0.05, 0.1) is 0 Å². The fraction of sp³-hybridized carbons (Fsp3) is 0.867. The van der Waals surface area contributed by atoms with Crippen LogP contribution in [0.5, 0.6) is 0 Å². The van der Waals surface area contributed by atoms with E-state index >= 15 is 0 Å². The number of rotatable bonds is 3. The Hall–Kier alpha value is -0.300. The Bertz CT molecular complexity index is 265. The van der Waals surface area contributed by atoms with Gasteiger partial charge in [0.2, 0.25) is 0 Å². The summed E-state index contributed by atoms with van der Waals surface area (Å²) in [5.74, 6) is 2.83. The summed E-state index contributed by atoms with van der Waals surface area (Å²) >= 11 is 0. The number of hydrogen-bond donors (Lipinski definition) is 1. The molecule has 0 aromatic carbocycles. The summed E-state index contributed by atoms with van der Waals surface area (Å²) in [5.41, 5.74) is 0.